The first-order valence-electron chi connectivity index (χ1n) is 8.17. The summed E-state index contributed by atoms with van der Waals surface area (Å²) in [7, 11) is 0. The van der Waals surface area contributed by atoms with Gasteiger partial charge in [0.15, 0.2) is 0 Å². The van der Waals surface area contributed by atoms with Crippen molar-refractivity contribution in [3.63, 3.8) is 0 Å². The molecule has 1 atom stereocenters. The third kappa shape index (κ3) is 2.56. The van der Waals surface area contributed by atoms with Gasteiger partial charge >= 0.3 is 0 Å². The Bertz CT molecular complexity index is 239. The summed E-state index contributed by atoms with van der Waals surface area (Å²) < 4.78 is 0. The molecule has 3 aliphatic rings. The maximum Gasteiger partial charge on any atom is -0.0261 e. The molecule has 0 heterocycles. The van der Waals surface area contributed by atoms with Crippen molar-refractivity contribution in [3.05, 3.63) is 6.42 Å². The van der Waals surface area contributed by atoms with Gasteiger partial charge in [0.1, 0.15) is 0 Å². The fraction of sp³-hybridized carbons (Fsp3) is 0.941. The molecule has 97 valence electrons. The van der Waals surface area contributed by atoms with E-state index in [9.17, 15) is 0 Å². The van der Waals surface area contributed by atoms with Gasteiger partial charge in [0, 0.05) is 0 Å². The van der Waals surface area contributed by atoms with E-state index in [1.54, 1.807) is 25.7 Å². The minimum Gasteiger partial charge on any atom is -0.0533 e. The van der Waals surface area contributed by atoms with Gasteiger partial charge in [-0.15, -0.1) is 0 Å². The molecular weight excluding hydrogens is 204 g/mol. The number of hydrogen-bond donors (Lipinski definition) is 0. The predicted octanol–water partition coefficient (Wildman–Crippen LogP) is 5.67. The van der Waals surface area contributed by atoms with Crippen LogP contribution in [0.25, 0.3) is 0 Å². The maximum absolute atomic E-state index is 2.74. The lowest BCUT2D eigenvalue weighted by molar-refractivity contribution is 0.174. The summed E-state index contributed by atoms with van der Waals surface area (Å²) >= 11 is 0. The summed E-state index contributed by atoms with van der Waals surface area (Å²) in [5.74, 6) is 0. The van der Waals surface area contributed by atoms with Gasteiger partial charge in [0.2, 0.25) is 0 Å². The molecule has 0 heteroatoms. The Morgan fingerprint density at radius 2 is 1.29 bits per heavy atom. The maximum atomic E-state index is 2.74. The average molecular weight is 233 g/mol. The van der Waals surface area contributed by atoms with Crippen molar-refractivity contribution >= 4 is 0 Å². The normalized spacial score (nSPS) is 32.5. The molecule has 17 heavy (non-hydrogen) atoms. The second-order valence-electron chi connectivity index (χ2n) is 7.26. The molecule has 0 aromatic heterocycles. The Hall–Kier alpha value is 0. The lowest BCUT2D eigenvalue weighted by Crippen LogP contribution is -2.25. The van der Waals surface area contributed by atoms with Crippen molar-refractivity contribution in [1.29, 1.82) is 0 Å². The zero-order valence-corrected chi connectivity index (χ0v) is 11.5. The standard InChI is InChI=1S/C17H29/c1-2-5-9-16(10-6-3-1)13-14-17(15-16)11-7-4-8-12-17/h11H,1-10,12-15H2. The van der Waals surface area contributed by atoms with Gasteiger partial charge in [-0.2, -0.15) is 0 Å². The molecule has 0 nitrogen and oxygen atoms in total. The summed E-state index contributed by atoms with van der Waals surface area (Å²) in [6, 6.07) is 0. The van der Waals surface area contributed by atoms with E-state index in [0.717, 1.165) is 5.41 Å². The van der Waals surface area contributed by atoms with Crippen LogP contribution in [-0.4, -0.2) is 0 Å². The third-order valence-corrected chi connectivity index (χ3v) is 6.00. The van der Waals surface area contributed by atoms with Crippen LogP contribution in [0.3, 0.4) is 0 Å². The Morgan fingerprint density at radius 3 is 2.00 bits per heavy atom. The first kappa shape index (κ1) is 12.1. The molecule has 3 fully saturated rings. The molecule has 0 saturated heterocycles. The summed E-state index contributed by atoms with van der Waals surface area (Å²) in [4.78, 5) is 0. The van der Waals surface area contributed by atoms with Gasteiger partial charge in [0.25, 0.3) is 0 Å². The van der Waals surface area contributed by atoms with Gasteiger partial charge in [-0.25, -0.2) is 0 Å². The Morgan fingerprint density at radius 1 is 0.588 bits per heavy atom. The molecule has 3 saturated carbocycles. The van der Waals surface area contributed by atoms with Gasteiger partial charge in [-0.3, -0.25) is 0 Å². The zero-order chi connectivity index (χ0) is 11.6. The van der Waals surface area contributed by atoms with Crippen LogP contribution in [0.1, 0.15) is 89.9 Å². The van der Waals surface area contributed by atoms with Crippen molar-refractivity contribution in [2.24, 2.45) is 10.8 Å². The number of hydrogen-bond acceptors (Lipinski definition) is 0. The lowest BCUT2D eigenvalue weighted by atomic mass is 9.68. The Kier molecular flexibility index (Phi) is 3.50. The molecular formula is C17H29. The van der Waals surface area contributed by atoms with Crippen LogP contribution < -0.4 is 0 Å². The smallest absolute Gasteiger partial charge is 0.0261 e. The second-order valence-corrected chi connectivity index (χ2v) is 7.26. The van der Waals surface area contributed by atoms with Crippen LogP contribution in [0.5, 0.6) is 0 Å². The van der Waals surface area contributed by atoms with Gasteiger partial charge in [0.05, 0.1) is 0 Å². The quantitative estimate of drug-likeness (QED) is 0.506. The van der Waals surface area contributed by atoms with Crippen LogP contribution in [0.15, 0.2) is 0 Å². The highest BCUT2D eigenvalue weighted by molar-refractivity contribution is 5.05. The van der Waals surface area contributed by atoms with Crippen LogP contribution in [0.4, 0.5) is 0 Å². The lowest BCUT2D eigenvalue weighted by Gasteiger charge is -2.37. The summed E-state index contributed by atoms with van der Waals surface area (Å²) in [6.07, 6.45) is 24.0. The molecule has 1 unspecified atom stereocenters. The SMILES string of the molecule is [CH]1CCCCC12CCC1(CCCCCCC1)C2. The largest absolute Gasteiger partial charge is 0.0533 e. The van der Waals surface area contributed by atoms with Crippen molar-refractivity contribution in [3.8, 4) is 0 Å². The Balaban J connectivity index is 1.67. The van der Waals surface area contributed by atoms with E-state index in [4.69, 9.17) is 0 Å². The highest BCUT2D eigenvalue weighted by Gasteiger charge is 2.47. The van der Waals surface area contributed by atoms with E-state index in [1.165, 1.54) is 64.2 Å². The molecule has 3 aliphatic carbocycles. The molecule has 2 spiro atoms. The van der Waals surface area contributed by atoms with E-state index in [0.29, 0.717) is 5.41 Å². The fourth-order valence-electron chi connectivity index (χ4n) is 5.04. The monoisotopic (exact) mass is 233 g/mol. The Labute approximate surface area is 108 Å². The molecule has 0 bridgehead atoms. The summed E-state index contributed by atoms with van der Waals surface area (Å²) in [5, 5.41) is 0. The first-order valence-corrected chi connectivity index (χ1v) is 8.17. The molecule has 1 radical (unpaired) electrons. The highest BCUT2D eigenvalue weighted by atomic mass is 14.5. The van der Waals surface area contributed by atoms with Crippen LogP contribution in [-0.2, 0) is 0 Å². The highest BCUT2D eigenvalue weighted by Crippen LogP contribution is 2.59. The minimum absolute atomic E-state index is 0.706. The van der Waals surface area contributed by atoms with Crippen molar-refractivity contribution in [1.82, 2.24) is 0 Å². The van der Waals surface area contributed by atoms with Gasteiger partial charge in [-0.1, -0.05) is 44.9 Å². The molecule has 0 aromatic carbocycles. The molecule has 0 aliphatic heterocycles. The summed E-state index contributed by atoms with van der Waals surface area (Å²) in [5.41, 5.74) is 1.49. The predicted molar refractivity (Wildman–Crippen MR) is 73.8 cm³/mol. The van der Waals surface area contributed by atoms with E-state index >= 15 is 0 Å². The molecule has 0 aromatic rings. The fourth-order valence-corrected chi connectivity index (χ4v) is 5.04. The second kappa shape index (κ2) is 4.94. The van der Waals surface area contributed by atoms with Crippen LogP contribution in [0, 0.1) is 17.3 Å². The zero-order valence-electron chi connectivity index (χ0n) is 11.5. The van der Waals surface area contributed by atoms with E-state index in [-0.39, 0.29) is 0 Å². The molecule has 0 amide bonds. The van der Waals surface area contributed by atoms with E-state index in [2.05, 4.69) is 6.42 Å². The average Bonchev–Trinajstić information content (AvgIpc) is 2.66. The topological polar surface area (TPSA) is 0 Å². The van der Waals surface area contributed by atoms with E-state index in [1.807, 2.05) is 0 Å². The van der Waals surface area contributed by atoms with Crippen molar-refractivity contribution < 1.29 is 0 Å². The molecule has 0 N–H and O–H groups in total. The first-order chi connectivity index (χ1) is 8.33. The van der Waals surface area contributed by atoms with E-state index < -0.39 is 0 Å². The van der Waals surface area contributed by atoms with Crippen LogP contribution in [0.2, 0.25) is 0 Å². The molecule has 3 rings (SSSR count). The van der Waals surface area contributed by atoms with Gasteiger partial charge < -0.3 is 0 Å². The van der Waals surface area contributed by atoms with Crippen molar-refractivity contribution in [2.75, 3.05) is 0 Å². The van der Waals surface area contributed by atoms with Gasteiger partial charge in [-0.05, 0) is 62.2 Å². The third-order valence-electron chi connectivity index (χ3n) is 6.00. The minimum atomic E-state index is 0.706. The van der Waals surface area contributed by atoms with Crippen LogP contribution >= 0.6 is 0 Å². The van der Waals surface area contributed by atoms with Crippen molar-refractivity contribution in [2.45, 2.75) is 89.9 Å². The number of rotatable bonds is 0. The summed E-state index contributed by atoms with van der Waals surface area (Å²) in [6.45, 7) is 0.